The van der Waals surface area contributed by atoms with Crippen molar-refractivity contribution in [2.75, 3.05) is 12.8 Å². The summed E-state index contributed by atoms with van der Waals surface area (Å²) in [5.41, 5.74) is 6.76. The van der Waals surface area contributed by atoms with E-state index in [0.717, 1.165) is 0 Å². The molecule has 0 saturated heterocycles. The number of anilines is 1. The van der Waals surface area contributed by atoms with Crippen molar-refractivity contribution >= 4 is 34.6 Å². The number of methoxy groups -OCH3 is 1. The third-order valence-corrected chi connectivity index (χ3v) is 2.64. The lowest BCUT2D eigenvalue weighted by Gasteiger charge is -2.03. The van der Waals surface area contributed by atoms with Crippen LogP contribution in [0.15, 0.2) is 6.33 Å². The lowest BCUT2D eigenvalue weighted by atomic mass is 10.3. The molecular weight excluding hydrogens is 258 g/mol. The monoisotopic (exact) mass is 269 g/mol. The minimum absolute atomic E-state index is 0.0784. The van der Waals surface area contributed by atoms with Crippen molar-refractivity contribution in [2.24, 2.45) is 0 Å². The summed E-state index contributed by atoms with van der Waals surface area (Å²) in [7, 11) is 1.36. The lowest BCUT2D eigenvalue weighted by Crippen LogP contribution is -2.04. The molecule has 0 amide bonds. The van der Waals surface area contributed by atoms with Gasteiger partial charge in [0, 0.05) is 13.0 Å². The second-order valence-electron chi connectivity index (χ2n) is 3.67. The number of nitrogens with zero attached hydrogens (tertiary/aromatic N) is 4. The van der Waals surface area contributed by atoms with Crippen molar-refractivity contribution in [3.05, 3.63) is 11.6 Å². The molecule has 0 unspecified atom stereocenters. The zero-order chi connectivity index (χ0) is 13.1. The second kappa shape index (κ2) is 5.18. The molecule has 0 aliphatic rings. The standard InChI is InChI=1S/C10H12ClN5O2/c1-18-6(17)3-2-4-16-5-13-7-8(12)14-10(11)15-9(7)16/h5H,2-4H2,1H3,(H2,12,14,15). The number of hydrogen-bond donors (Lipinski definition) is 1. The Hall–Kier alpha value is -1.89. The van der Waals surface area contributed by atoms with E-state index in [1.807, 2.05) is 0 Å². The van der Waals surface area contributed by atoms with E-state index < -0.39 is 0 Å². The normalized spacial score (nSPS) is 10.8. The van der Waals surface area contributed by atoms with Crippen LogP contribution in [-0.4, -0.2) is 32.6 Å². The van der Waals surface area contributed by atoms with E-state index in [1.165, 1.54) is 7.11 Å². The highest BCUT2D eigenvalue weighted by atomic mass is 35.5. The SMILES string of the molecule is COC(=O)CCCn1cnc2c(N)nc(Cl)nc21. The summed E-state index contributed by atoms with van der Waals surface area (Å²) in [6.45, 7) is 0.582. The maximum atomic E-state index is 11.0. The number of carbonyl (C=O) groups excluding carboxylic acids is 1. The van der Waals surface area contributed by atoms with Crippen LogP contribution in [0.4, 0.5) is 5.82 Å². The van der Waals surface area contributed by atoms with Gasteiger partial charge in [0.15, 0.2) is 11.5 Å². The number of imidazole rings is 1. The number of aromatic nitrogens is 4. The predicted octanol–water partition coefficient (Wildman–Crippen LogP) is 1.02. The van der Waals surface area contributed by atoms with E-state index >= 15 is 0 Å². The van der Waals surface area contributed by atoms with E-state index in [9.17, 15) is 4.79 Å². The third kappa shape index (κ3) is 2.51. The first kappa shape index (κ1) is 12.6. The second-order valence-corrected chi connectivity index (χ2v) is 4.01. The van der Waals surface area contributed by atoms with Crippen molar-refractivity contribution < 1.29 is 9.53 Å². The molecule has 2 N–H and O–H groups in total. The summed E-state index contributed by atoms with van der Waals surface area (Å²) in [6.07, 6.45) is 2.56. The first-order valence-corrected chi connectivity index (χ1v) is 5.70. The van der Waals surface area contributed by atoms with Gasteiger partial charge in [0.1, 0.15) is 5.52 Å². The molecule has 18 heavy (non-hydrogen) atoms. The third-order valence-electron chi connectivity index (χ3n) is 2.47. The number of hydrogen-bond acceptors (Lipinski definition) is 6. The van der Waals surface area contributed by atoms with Gasteiger partial charge in [0.05, 0.1) is 13.4 Å². The molecule has 0 fully saturated rings. The van der Waals surface area contributed by atoms with Gasteiger partial charge in [0.25, 0.3) is 0 Å². The number of esters is 1. The van der Waals surface area contributed by atoms with Gasteiger partial charge in [-0.1, -0.05) is 0 Å². The van der Waals surface area contributed by atoms with Crippen molar-refractivity contribution in [3.63, 3.8) is 0 Å². The Morgan fingerprint density at radius 2 is 2.33 bits per heavy atom. The zero-order valence-electron chi connectivity index (χ0n) is 9.76. The molecule has 96 valence electrons. The molecule has 0 saturated carbocycles. The maximum absolute atomic E-state index is 11.0. The van der Waals surface area contributed by atoms with Gasteiger partial charge < -0.3 is 15.0 Å². The average Bonchev–Trinajstić information content (AvgIpc) is 2.72. The highest BCUT2D eigenvalue weighted by Crippen LogP contribution is 2.18. The van der Waals surface area contributed by atoms with Crippen LogP contribution in [0.25, 0.3) is 11.2 Å². The Labute approximate surface area is 108 Å². The Morgan fingerprint density at radius 1 is 1.56 bits per heavy atom. The molecule has 0 aliphatic carbocycles. The van der Waals surface area contributed by atoms with Gasteiger partial charge in [-0.25, -0.2) is 4.98 Å². The van der Waals surface area contributed by atoms with Gasteiger partial charge in [0.2, 0.25) is 5.28 Å². The fourth-order valence-corrected chi connectivity index (χ4v) is 1.77. The number of ether oxygens (including phenoxy) is 1. The zero-order valence-corrected chi connectivity index (χ0v) is 10.5. The van der Waals surface area contributed by atoms with Crippen LogP contribution in [0, 0.1) is 0 Å². The fraction of sp³-hybridized carbons (Fsp3) is 0.400. The van der Waals surface area contributed by atoms with E-state index in [0.29, 0.717) is 30.6 Å². The van der Waals surface area contributed by atoms with Crippen LogP contribution >= 0.6 is 11.6 Å². The molecule has 2 aromatic heterocycles. The Bertz CT molecular complexity index is 583. The maximum Gasteiger partial charge on any atom is 0.305 e. The lowest BCUT2D eigenvalue weighted by molar-refractivity contribution is -0.140. The van der Waals surface area contributed by atoms with E-state index in [1.54, 1.807) is 10.9 Å². The predicted molar refractivity (Wildman–Crippen MR) is 66.0 cm³/mol. The molecule has 2 heterocycles. The quantitative estimate of drug-likeness (QED) is 0.657. The van der Waals surface area contributed by atoms with E-state index in [-0.39, 0.29) is 17.1 Å². The molecule has 0 bridgehead atoms. The van der Waals surface area contributed by atoms with Gasteiger partial charge >= 0.3 is 5.97 Å². The van der Waals surface area contributed by atoms with Crippen molar-refractivity contribution in [1.82, 2.24) is 19.5 Å². The van der Waals surface area contributed by atoms with Gasteiger partial charge in [-0.2, -0.15) is 9.97 Å². The molecule has 2 aromatic rings. The Balaban J connectivity index is 2.16. The van der Waals surface area contributed by atoms with Crippen LogP contribution in [0.1, 0.15) is 12.8 Å². The summed E-state index contributed by atoms with van der Waals surface area (Å²) in [5, 5.41) is 0.0784. The number of fused-ring (bicyclic) bond motifs is 1. The van der Waals surface area contributed by atoms with Crippen LogP contribution in [-0.2, 0) is 16.1 Å². The van der Waals surface area contributed by atoms with Gasteiger partial charge in [-0.3, -0.25) is 4.79 Å². The Kier molecular flexibility index (Phi) is 3.61. The molecule has 7 nitrogen and oxygen atoms in total. The minimum Gasteiger partial charge on any atom is -0.469 e. The van der Waals surface area contributed by atoms with Gasteiger partial charge in [-0.15, -0.1) is 0 Å². The molecule has 0 spiro atoms. The molecule has 0 atom stereocenters. The van der Waals surface area contributed by atoms with Crippen LogP contribution < -0.4 is 5.73 Å². The first-order chi connectivity index (χ1) is 8.61. The van der Waals surface area contributed by atoms with Crippen LogP contribution in [0.2, 0.25) is 5.28 Å². The van der Waals surface area contributed by atoms with Gasteiger partial charge in [-0.05, 0) is 18.0 Å². The minimum atomic E-state index is -0.244. The average molecular weight is 270 g/mol. The molecular formula is C10H12ClN5O2. The fourth-order valence-electron chi connectivity index (χ4n) is 1.60. The molecule has 0 radical (unpaired) electrons. The summed E-state index contributed by atoms with van der Waals surface area (Å²) >= 11 is 5.74. The van der Waals surface area contributed by atoms with E-state index in [2.05, 4.69) is 19.7 Å². The summed E-state index contributed by atoms with van der Waals surface area (Å²) in [6, 6.07) is 0. The molecule has 8 heteroatoms. The summed E-state index contributed by atoms with van der Waals surface area (Å²) in [4.78, 5) is 23.0. The topological polar surface area (TPSA) is 95.9 Å². The molecule has 0 aromatic carbocycles. The van der Waals surface area contributed by atoms with E-state index in [4.69, 9.17) is 17.3 Å². The number of halogens is 1. The Morgan fingerprint density at radius 3 is 3.06 bits per heavy atom. The highest BCUT2D eigenvalue weighted by molar-refractivity contribution is 6.28. The largest absolute Gasteiger partial charge is 0.469 e. The number of rotatable bonds is 4. The smallest absolute Gasteiger partial charge is 0.305 e. The summed E-state index contributed by atoms with van der Waals surface area (Å²) < 4.78 is 6.34. The number of aryl methyl sites for hydroxylation is 1. The number of carbonyl (C=O) groups is 1. The van der Waals surface area contributed by atoms with Crippen LogP contribution in [0.3, 0.4) is 0 Å². The molecule has 2 rings (SSSR count). The number of nitrogen functional groups attached to an aromatic ring is 1. The number of nitrogens with two attached hydrogens (primary N) is 1. The molecule has 0 aliphatic heterocycles. The highest BCUT2D eigenvalue weighted by Gasteiger charge is 2.10. The van der Waals surface area contributed by atoms with Crippen molar-refractivity contribution in [3.8, 4) is 0 Å². The summed E-state index contributed by atoms with van der Waals surface area (Å²) in [5.74, 6) is 0.00307. The van der Waals surface area contributed by atoms with Crippen molar-refractivity contribution in [2.45, 2.75) is 19.4 Å². The van der Waals surface area contributed by atoms with Crippen LogP contribution in [0.5, 0.6) is 0 Å². The first-order valence-electron chi connectivity index (χ1n) is 5.32. The van der Waals surface area contributed by atoms with Crippen molar-refractivity contribution in [1.29, 1.82) is 0 Å².